The summed E-state index contributed by atoms with van der Waals surface area (Å²) in [5, 5.41) is 0. The first kappa shape index (κ1) is 14.0. The highest BCUT2D eigenvalue weighted by Gasteiger charge is 2.81. The summed E-state index contributed by atoms with van der Waals surface area (Å²) in [7, 11) is 0. The maximum absolute atomic E-state index is 14.9. The van der Waals surface area contributed by atoms with E-state index in [-0.39, 0.29) is 29.7 Å². The molecule has 5 heteroatoms. The average molecular weight is 306 g/mol. The second kappa shape index (κ2) is 3.65. The van der Waals surface area contributed by atoms with Gasteiger partial charge >= 0.3 is 6.18 Å². The molecule has 4 bridgehead atoms. The highest BCUT2D eigenvalue weighted by atomic mass is 19.4. The van der Waals surface area contributed by atoms with Crippen LogP contribution in [0.4, 0.5) is 22.0 Å². The Morgan fingerprint density at radius 3 is 2.43 bits per heavy atom. The third kappa shape index (κ3) is 1.29. The predicted molar refractivity (Wildman–Crippen MR) is 68.0 cm³/mol. The summed E-state index contributed by atoms with van der Waals surface area (Å²) in [5.74, 6) is -0.147. The topological polar surface area (TPSA) is 0 Å². The summed E-state index contributed by atoms with van der Waals surface area (Å²) >= 11 is 0. The van der Waals surface area contributed by atoms with Crippen LogP contribution in [0.3, 0.4) is 0 Å². The summed E-state index contributed by atoms with van der Waals surface area (Å²) in [6.07, 6.45) is -2.52. The first-order chi connectivity index (χ1) is 9.64. The maximum atomic E-state index is 14.9. The van der Waals surface area contributed by atoms with Crippen LogP contribution in [0.5, 0.6) is 0 Å². The molecular formula is C16H19F5. The van der Waals surface area contributed by atoms with Crippen molar-refractivity contribution in [1.82, 2.24) is 0 Å². The van der Waals surface area contributed by atoms with Crippen LogP contribution in [0.25, 0.3) is 0 Å². The molecule has 0 aromatic carbocycles. The van der Waals surface area contributed by atoms with Crippen LogP contribution < -0.4 is 0 Å². The number of halogens is 5. The highest BCUT2D eigenvalue weighted by molar-refractivity contribution is 5.49. The smallest absolute Gasteiger partial charge is 0.240 e. The van der Waals surface area contributed by atoms with Crippen LogP contribution in [-0.2, 0) is 0 Å². The highest BCUT2D eigenvalue weighted by Crippen LogP contribution is 2.74. The third-order valence-electron chi connectivity index (χ3n) is 6.92. The Morgan fingerprint density at radius 1 is 1.19 bits per heavy atom. The van der Waals surface area contributed by atoms with Crippen molar-refractivity contribution >= 4 is 0 Å². The quantitative estimate of drug-likeness (QED) is 0.472. The molecule has 0 aliphatic heterocycles. The number of hydrogen-bond donors (Lipinski definition) is 0. The van der Waals surface area contributed by atoms with Gasteiger partial charge < -0.3 is 0 Å². The van der Waals surface area contributed by atoms with Gasteiger partial charge in [-0.25, -0.2) is 8.78 Å². The molecule has 0 nitrogen and oxygen atoms in total. The second-order valence-electron chi connectivity index (χ2n) is 7.50. The molecular weight excluding hydrogens is 287 g/mol. The first-order valence-corrected chi connectivity index (χ1v) is 7.82. The van der Waals surface area contributed by atoms with Gasteiger partial charge in [0.15, 0.2) is 5.67 Å². The number of alkyl halides is 5. The van der Waals surface area contributed by atoms with Crippen molar-refractivity contribution in [3.8, 4) is 0 Å². The Labute approximate surface area is 120 Å². The van der Waals surface area contributed by atoms with Crippen LogP contribution in [0.1, 0.15) is 39.5 Å². The standard InChI is InChI=1S/C16H19F5/c1-3-7-4-8-5-9(7)13-10-6-11(12(8)13)15(18,14(10,2)17)16(19,20)21/h7-10,13H,3-6H2,1-2H3. The third-order valence-corrected chi connectivity index (χ3v) is 6.92. The fourth-order valence-electron chi connectivity index (χ4n) is 6.12. The molecule has 0 spiro atoms. The lowest BCUT2D eigenvalue weighted by molar-refractivity contribution is -0.257. The van der Waals surface area contributed by atoms with Crippen molar-refractivity contribution in [3.05, 3.63) is 11.1 Å². The zero-order valence-corrected chi connectivity index (χ0v) is 12.1. The number of allylic oxidation sites excluding steroid dienone is 2. The minimum atomic E-state index is -5.16. The molecule has 21 heavy (non-hydrogen) atoms. The average Bonchev–Trinajstić information content (AvgIpc) is 3.07. The molecule has 0 radical (unpaired) electrons. The molecule has 7 unspecified atom stereocenters. The van der Waals surface area contributed by atoms with E-state index >= 15 is 0 Å². The Bertz CT molecular complexity index is 531. The molecule has 7 atom stereocenters. The van der Waals surface area contributed by atoms with Crippen LogP contribution in [0.15, 0.2) is 11.1 Å². The fraction of sp³-hybridized carbons (Fsp3) is 0.875. The minimum Gasteiger partial charge on any atom is -0.240 e. The van der Waals surface area contributed by atoms with E-state index in [0.29, 0.717) is 11.5 Å². The van der Waals surface area contributed by atoms with E-state index < -0.39 is 23.4 Å². The molecule has 0 N–H and O–H groups in total. The summed E-state index contributed by atoms with van der Waals surface area (Å²) in [5.41, 5.74) is -6.16. The molecule has 4 aliphatic carbocycles. The molecule has 4 rings (SSSR count). The zero-order valence-electron chi connectivity index (χ0n) is 12.1. The van der Waals surface area contributed by atoms with E-state index in [9.17, 15) is 22.0 Å². The number of fused-ring (bicyclic) bond motifs is 8. The van der Waals surface area contributed by atoms with E-state index in [2.05, 4.69) is 6.92 Å². The van der Waals surface area contributed by atoms with Gasteiger partial charge in [0.1, 0.15) is 0 Å². The minimum absolute atomic E-state index is 0.0353. The Kier molecular flexibility index (Phi) is 2.44. The number of hydrogen-bond acceptors (Lipinski definition) is 0. The molecule has 0 amide bonds. The predicted octanol–water partition coefficient (Wildman–Crippen LogP) is 5.00. The van der Waals surface area contributed by atoms with Gasteiger partial charge in [0.25, 0.3) is 5.67 Å². The van der Waals surface area contributed by atoms with Crippen molar-refractivity contribution < 1.29 is 22.0 Å². The van der Waals surface area contributed by atoms with E-state index in [1.165, 1.54) is 0 Å². The SMILES string of the molecule is CCC1CC2CC1C1C2=C2CC1C(C)(F)C2(F)C(F)(F)F. The largest absolute Gasteiger partial charge is 0.429 e. The van der Waals surface area contributed by atoms with Crippen molar-refractivity contribution in [1.29, 1.82) is 0 Å². The summed E-state index contributed by atoms with van der Waals surface area (Å²) in [6, 6.07) is 0. The lowest BCUT2D eigenvalue weighted by Crippen LogP contribution is -2.59. The maximum Gasteiger partial charge on any atom is 0.429 e. The summed E-state index contributed by atoms with van der Waals surface area (Å²) in [4.78, 5) is 0. The first-order valence-electron chi connectivity index (χ1n) is 7.82. The molecule has 0 heterocycles. The van der Waals surface area contributed by atoms with Gasteiger partial charge in [0, 0.05) is 5.92 Å². The number of rotatable bonds is 1. The lowest BCUT2D eigenvalue weighted by atomic mass is 9.64. The molecule has 3 saturated carbocycles. The van der Waals surface area contributed by atoms with Gasteiger partial charge in [-0.15, -0.1) is 0 Å². The summed E-state index contributed by atoms with van der Waals surface area (Å²) < 4.78 is 69.7. The van der Waals surface area contributed by atoms with E-state index in [1.807, 2.05) is 0 Å². The van der Waals surface area contributed by atoms with E-state index in [4.69, 9.17) is 0 Å². The fourth-order valence-corrected chi connectivity index (χ4v) is 6.12. The molecule has 0 aromatic heterocycles. The van der Waals surface area contributed by atoms with Gasteiger partial charge in [-0.1, -0.05) is 18.9 Å². The molecule has 4 aliphatic rings. The van der Waals surface area contributed by atoms with Crippen LogP contribution in [0.2, 0.25) is 0 Å². The van der Waals surface area contributed by atoms with Crippen LogP contribution in [0, 0.1) is 29.6 Å². The van der Waals surface area contributed by atoms with Gasteiger partial charge in [0.2, 0.25) is 0 Å². The van der Waals surface area contributed by atoms with E-state index in [0.717, 1.165) is 26.2 Å². The van der Waals surface area contributed by atoms with Gasteiger partial charge in [-0.2, -0.15) is 13.2 Å². The molecule has 0 aromatic rings. The van der Waals surface area contributed by atoms with Gasteiger partial charge in [0.05, 0.1) is 0 Å². The Morgan fingerprint density at radius 2 is 1.86 bits per heavy atom. The van der Waals surface area contributed by atoms with Crippen LogP contribution in [-0.4, -0.2) is 17.5 Å². The molecule has 3 fully saturated rings. The lowest BCUT2D eigenvalue weighted by Gasteiger charge is -2.45. The normalized spacial score (nSPS) is 54.7. The van der Waals surface area contributed by atoms with E-state index in [1.54, 1.807) is 0 Å². The second-order valence-corrected chi connectivity index (χ2v) is 7.50. The van der Waals surface area contributed by atoms with Crippen molar-refractivity contribution in [2.45, 2.75) is 57.0 Å². The van der Waals surface area contributed by atoms with Gasteiger partial charge in [-0.3, -0.25) is 0 Å². The zero-order chi connectivity index (χ0) is 15.4. The Balaban J connectivity index is 1.87. The molecule has 0 saturated heterocycles. The van der Waals surface area contributed by atoms with Gasteiger partial charge in [-0.05, 0) is 55.4 Å². The van der Waals surface area contributed by atoms with Crippen LogP contribution >= 0.6 is 0 Å². The summed E-state index contributed by atoms with van der Waals surface area (Å²) in [6.45, 7) is 2.91. The van der Waals surface area contributed by atoms with Crippen molar-refractivity contribution in [2.75, 3.05) is 0 Å². The monoisotopic (exact) mass is 306 g/mol. The van der Waals surface area contributed by atoms with Crippen molar-refractivity contribution in [3.63, 3.8) is 0 Å². The molecule has 118 valence electrons. The Hall–Kier alpha value is -0.610. The van der Waals surface area contributed by atoms with Crippen molar-refractivity contribution in [2.24, 2.45) is 29.6 Å².